The average molecular weight is 379 g/mol. The van der Waals surface area contributed by atoms with Gasteiger partial charge in [-0.25, -0.2) is 13.9 Å². The van der Waals surface area contributed by atoms with E-state index in [4.69, 9.17) is 5.14 Å². The van der Waals surface area contributed by atoms with Crippen LogP contribution in [0.5, 0.6) is 0 Å². The molecule has 1 spiro atoms. The van der Waals surface area contributed by atoms with Gasteiger partial charge in [-0.3, -0.25) is 4.98 Å². The molecule has 1 aromatic carbocycles. The number of hydrogen-bond donors (Lipinski definition) is 1. The zero-order valence-electron chi connectivity index (χ0n) is 14.0. The molecule has 5 nitrogen and oxygen atoms in total. The van der Waals surface area contributed by atoms with Crippen LogP contribution in [0, 0.1) is 5.41 Å². The van der Waals surface area contributed by atoms with Crippen molar-refractivity contribution in [1.29, 1.82) is 0 Å². The maximum absolute atomic E-state index is 14.7. The molecule has 1 saturated carbocycles. The average Bonchev–Trinajstić information content (AvgIpc) is 3.09. The van der Waals surface area contributed by atoms with Gasteiger partial charge in [0.05, 0.1) is 17.0 Å². The molecule has 2 aromatic rings. The van der Waals surface area contributed by atoms with Crippen LogP contribution in [0.2, 0.25) is 0 Å². The molecule has 1 saturated heterocycles. The quantitative estimate of drug-likeness (QED) is 0.891. The summed E-state index contributed by atoms with van der Waals surface area (Å²) in [6.45, 7) is 0.0343. The van der Waals surface area contributed by atoms with Gasteiger partial charge in [-0.2, -0.15) is 12.7 Å². The molecule has 2 aliphatic rings. The van der Waals surface area contributed by atoms with Crippen molar-refractivity contribution < 1.29 is 17.2 Å². The Hall–Kier alpha value is -1.90. The van der Waals surface area contributed by atoms with Gasteiger partial charge in [0.1, 0.15) is 0 Å². The van der Waals surface area contributed by atoms with Crippen molar-refractivity contribution in [1.82, 2.24) is 9.29 Å². The van der Waals surface area contributed by atoms with Gasteiger partial charge in [0.15, 0.2) is 0 Å². The first-order chi connectivity index (χ1) is 12.3. The van der Waals surface area contributed by atoms with Crippen molar-refractivity contribution in [3.05, 3.63) is 54.4 Å². The van der Waals surface area contributed by atoms with E-state index in [1.165, 1.54) is 0 Å². The van der Waals surface area contributed by atoms with Crippen molar-refractivity contribution in [2.75, 3.05) is 13.1 Å². The molecule has 8 heteroatoms. The van der Waals surface area contributed by atoms with Gasteiger partial charge in [0, 0.05) is 19.3 Å². The van der Waals surface area contributed by atoms with E-state index >= 15 is 0 Å². The first-order valence-corrected chi connectivity index (χ1v) is 9.93. The van der Waals surface area contributed by atoms with E-state index in [0.717, 1.165) is 15.4 Å². The summed E-state index contributed by atoms with van der Waals surface area (Å²) in [6.07, 6.45) is 1.72. The van der Waals surface area contributed by atoms with Crippen LogP contribution in [0.1, 0.15) is 24.5 Å². The molecule has 0 amide bonds. The first kappa shape index (κ1) is 17.5. The van der Waals surface area contributed by atoms with Crippen LogP contribution in [-0.2, 0) is 10.2 Å². The molecule has 2 fully saturated rings. The molecule has 1 aliphatic heterocycles. The first-order valence-electron chi connectivity index (χ1n) is 8.43. The van der Waals surface area contributed by atoms with Crippen molar-refractivity contribution in [2.45, 2.75) is 24.7 Å². The predicted molar refractivity (Wildman–Crippen MR) is 93.7 cm³/mol. The van der Waals surface area contributed by atoms with Crippen molar-refractivity contribution in [3.63, 3.8) is 0 Å². The van der Waals surface area contributed by atoms with Gasteiger partial charge in [-0.05, 0) is 36.1 Å². The summed E-state index contributed by atoms with van der Waals surface area (Å²) in [6, 6.07) is 13.0. The lowest BCUT2D eigenvalue weighted by molar-refractivity contribution is 0.0412. The molecule has 2 N–H and O–H groups in total. The van der Waals surface area contributed by atoms with E-state index < -0.39 is 27.5 Å². The van der Waals surface area contributed by atoms with Gasteiger partial charge in [0.2, 0.25) is 0 Å². The summed E-state index contributed by atoms with van der Waals surface area (Å²) in [5.74, 6) is -3.87. The third-order valence-corrected chi connectivity index (χ3v) is 6.74. The van der Waals surface area contributed by atoms with E-state index in [0.29, 0.717) is 5.69 Å². The Morgan fingerprint density at radius 2 is 1.73 bits per heavy atom. The van der Waals surface area contributed by atoms with Crippen LogP contribution in [0.3, 0.4) is 0 Å². The summed E-state index contributed by atoms with van der Waals surface area (Å²) in [5, 5.41) is 5.12. The number of aromatic nitrogens is 1. The number of nitrogens with zero attached hydrogens (tertiary/aromatic N) is 2. The van der Waals surface area contributed by atoms with Crippen LogP contribution in [0.25, 0.3) is 11.1 Å². The standard InChI is InChI=1S/C18H19F2N3O2S/c19-18(20)16(17(18)7-10-23(11-8-17)26(21,24)25)15-12-14(6-9-22-15)13-4-2-1-3-5-13/h1-6,9,12,16H,7-8,10-11H2,(H2,21,24,25)/t16-/m1/s1. The summed E-state index contributed by atoms with van der Waals surface area (Å²) in [7, 11) is -3.84. The topological polar surface area (TPSA) is 76.3 Å². The predicted octanol–water partition coefficient (Wildman–Crippen LogP) is 2.77. The van der Waals surface area contributed by atoms with E-state index in [1.807, 2.05) is 30.3 Å². The van der Waals surface area contributed by atoms with Crippen molar-refractivity contribution in [3.8, 4) is 11.1 Å². The van der Waals surface area contributed by atoms with Crippen LogP contribution < -0.4 is 5.14 Å². The normalized spacial score (nSPS) is 24.5. The third-order valence-electron chi connectivity index (χ3n) is 5.65. The minimum absolute atomic E-state index is 0.0172. The molecule has 0 bridgehead atoms. The summed E-state index contributed by atoms with van der Waals surface area (Å²) >= 11 is 0. The highest BCUT2D eigenvalue weighted by atomic mass is 32.2. The highest BCUT2D eigenvalue weighted by Crippen LogP contribution is 2.75. The third kappa shape index (κ3) is 2.64. The number of piperidine rings is 1. The monoisotopic (exact) mass is 379 g/mol. The largest absolute Gasteiger partial charge is 0.276 e. The minimum atomic E-state index is -3.84. The molecule has 1 aromatic heterocycles. The van der Waals surface area contributed by atoms with E-state index in [1.54, 1.807) is 18.3 Å². The fraction of sp³-hybridized carbons (Fsp3) is 0.389. The van der Waals surface area contributed by atoms with Gasteiger partial charge in [0.25, 0.3) is 16.1 Å². The van der Waals surface area contributed by atoms with E-state index in [-0.39, 0.29) is 25.9 Å². The van der Waals surface area contributed by atoms with Crippen LogP contribution in [0.15, 0.2) is 48.7 Å². The Morgan fingerprint density at radius 3 is 2.35 bits per heavy atom. The number of halogens is 2. The van der Waals surface area contributed by atoms with Crippen LogP contribution in [0.4, 0.5) is 8.78 Å². The number of nitrogens with two attached hydrogens (primary N) is 1. The Labute approximate surface area is 151 Å². The molecule has 0 unspecified atom stereocenters. The van der Waals surface area contributed by atoms with E-state index in [9.17, 15) is 17.2 Å². The number of alkyl halides is 2. The van der Waals surface area contributed by atoms with Crippen LogP contribution in [-0.4, -0.2) is 36.7 Å². The van der Waals surface area contributed by atoms with Crippen molar-refractivity contribution >= 4 is 10.2 Å². The minimum Gasteiger partial charge on any atom is -0.261 e. The number of hydrogen-bond acceptors (Lipinski definition) is 3. The Balaban J connectivity index is 1.61. The highest BCUT2D eigenvalue weighted by Gasteiger charge is 2.81. The molecule has 26 heavy (non-hydrogen) atoms. The lowest BCUT2D eigenvalue weighted by Crippen LogP contribution is -2.43. The fourth-order valence-electron chi connectivity index (χ4n) is 4.16. The second-order valence-corrected chi connectivity index (χ2v) is 8.54. The molecule has 138 valence electrons. The maximum atomic E-state index is 14.7. The number of benzene rings is 1. The zero-order valence-corrected chi connectivity index (χ0v) is 14.8. The Kier molecular flexibility index (Phi) is 3.91. The maximum Gasteiger partial charge on any atom is 0.276 e. The molecule has 1 atom stereocenters. The van der Waals surface area contributed by atoms with Crippen molar-refractivity contribution in [2.24, 2.45) is 10.6 Å². The molecule has 1 aliphatic carbocycles. The summed E-state index contributed by atoms with van der Waals surface area (Å²) < 4.78 is 53.4. The summed E-state index contributed by atoms with van der Waals surface area (Å²) in [4.78, 5) is 4.20. The highest BCUT2D eigenvalue weighted by molar-refractivity contribution is 7.86. The Morgan fingerprint density at radius 1 is 1.08 bits per heavy atom. The zero-order chi connectivity index (χ0) is 18.6. The number of rotatable bonds is 3. The lowest BCUT2D eigenvalue weighted by atomic mass is 9.90. The van der Waals surface area contributed by atoms with Crippen LogP contribution >= 0.6 is 0 Å². The fourth-order valence-corrected chi connectivity index (χ4v) is 4.85. The van der Waals surface area contributed by atoms with Gasteiger partial charge in [-0.1, -0.05) is 30.3 Å². The SMILES string of the molecule is NS(=O)(=O)N1CCC2(CC1)[C@@H](c1cc(-c3ccccc3)ccn1)C2(F)F. The van der Waals surface area contributed by atoms with Gasteiger partial charge in [-0.15, -0.1) is 0 Å². The molecule has 0 radical (unpaired) electrons. The summed E-state index contributed by atoms with van der Waals surface area (Å²) in [5.41, 5.74) is 0.922. The number of pyridine rings is 1. The Bertz CT molecular complexity index is 926. The van der Waals surface area contributed by atoms with Gasteiger partial charge < -0.3 is 0 Å². The lowest BCUT2D eigenvalue weighted by Gasteiger charge is -2.30. The smallest absolute Gasteiger partial charge is 0.261 e. The second-order valence-electron chi connectivity index (χ2n) is 6.99. The van der Waals surface area contributed by atoms with E-state index in [2.05, 4.69) is 4.98 Å². The second kappa shape index (κ2) is 5.80. The molecular formula is C18H19F2N3O2S. The molecule has 2 heterocycles. The van der Waals surface area contributed by atoms with Gasteiger partial charge >= 0.3 is 0 Å². The molecular weight excluding hydrogens is 360 g/mol. The molecule has 4 rings (SSSR count).